The highest BCUT2D eigenvalue weighted by Crippen LogP contribution is 2.18. The minimum atomic E-state index is -1.32. The summed E-state index contributed by atoms with van der Waals surface area (Å²) in [5, 5.41) is 56.6. The van der Waals surface area contributed by atoms with Gasteiger partial charge in [0.05, 0.1) is 31.0 Å². The molecule has 0 aliphatic heterocycles. The van der Waals surface area contributed by atoms with E-state index in [9.17, 15) is 25.5 Å². The first kappa shape index (κ1) is 24.2. The summed E-state index contributed by atoms with van der Waals surface area (Å²) >= 11 is 5.17. The summed E-state index contributed by atoms with van der Waals surface area (Å²) in [7, 11) is 0. The van der Waals surface area contributed by atoms with Crippen LogP contribution in [0.15, 0.2) is 12.2 Å². The average Bonchev–Trinajstić information content (AvgIpc) is 2.64. The van der Waals surface area contributed by atoms with Crippen LogP contribution in [0.25, 0.3) is 0 Å². The Labute approximate surface area is 166 Å². The molecule has 27 heavy (non-hydrogen) atoms. The van der Waals surface area contributed by atoms with Crippen molar-refractivity contribution in [2.45, 2.75) is 82.2 Å². The smallest absolute Gasteiger partial charge is 0.166 e. The molecule has 0 heterocycles. The van der Waals surface area contributed by atoms with Crippen LogP contribution in [-0.4, -0.2) is 86.5 Å². The molecule has 0 aromatic heterocycles. The monoisotopic (exact) mass is 406 g/mol. The van der Waals surface area contributed by atoms with E-state index < -0.39 is 42.7 Å². The molecule has 7 unspecified atom stereocenters. The zero-order chi connectivity index (χ0) is 20.4. The molecule has 0 saturated carbocycles. The fraction of sp³-hybridized carbons (Fsp3) is 0.833. The lowest BCUT2D eigenvalue weighted by atomic mass is 9.96. The number of thiocarbonyl (C=S) groups is 1. The Kier molecular flexibility index (Phi) is 11.3. The molecule has 0 fully saturated rings. The van der Waals surface area contributed by atoms with E-state index in [-0.39, 0.29) is 13.0 Å². The van der Waals surface area contributed by atoms with E-state index in [4.69, 9.17) is 17.0 Å². The van der Waals surface area contributed by atoms with Crippen LogP contribution in [0.1, 0.15) is 39.5 Å². The zero-order valence-electron chi connectivity index (χ0n) is 16.0. The Morgan fingerprint density at radius 2 is 1.93 bits per heavy atom. The topological polar surface area (TPSA) is 134 Å². The second-order valence-corrected chi connectivity index (χ2v) is 7.24. The molecule has 1 aliphatic carbocycles. The van der Waals surface area contributed by atoms with Crippen LogP contribution in [-0.2, 0) is 4.74 Å². The van der Waals surface area contributed by atoms with Crippen LogP contribution in [0, 0.1) is 0 Å². The fourth-order valence-corrected chi connectivity index (χ4v) is 3.11. The number of allylic oxidation sites excluding steroid dienone is 1. The van der Waals surface area contributed by atoms with Gasteiger partial charge in [0, 0.05) is 13.0 Å². The molecule has 0 bridgehead atoms. The first-order valence-electron chi connectivity index (χ1n) is 9.53. The molecule has 0 spiro atoms. The van der Waals surface area contributed by atoms with Crippen LogP contribution in [0.3, 0.4) is 0 Å². The quantitative estimate of drug-likeness (QED) is 0.194. The molecule has 0 saturated heterocycles. The number of aliphatic hydroxyl groups is 5. The van der Waals surface area contributed by atoms with Crippen molar-refractivity contribution >= 4 is 17.3 Å². The second kappa shape index (κ2) is 12.6. The van der Waals surface area contributed by atoms with Crippen molar-refractivity contribution in [1.82, 2.24) is 10.6 Å². The Morgan fingerprint density at radius 3 is 2.56 bits per heavy atom. The Bertz CT molecular complexity index is 467. The summed E-state index contributed by atoms with van der Waals surface area (Å²) in [5.74, 6) is 0. The number of nitrogens with one attached hydrogen (secondary N) is 2. The maximum Gasteiger partial charge on any atom is 0.166 e. The van der Waals surface area contributed by atoms with Gasteiger partial charge >= 0.3 is 0 Å². The van der Waals surface area contributed by atoms with E-state index in [1.165, 1.54) is 0 Å². The van der Waals surface area contributed by atoms with Gasteiger partial charge in [0.15, 0.2) is 5.11 Å². The maximum atomic E-state index is 10.5. The van der Waals surface area contributed by atoms with E-state index in [1.54, 1.807) is 12.2 Å². The molecular weight excluding hydrogens is 372 g/mol. The van der Waals surface area contributed by atoms with Crippen LogP contribution in [0.4, 0.5) is 0 Å². The van der Waals surface area contributed by atoms with E-state index in [0.717, 1.165) is 0 Å². The first-order valence-corrected chi connectivity index (χ1v) is 9.93. The fourth-order valence-electron chi connectivity index (χ4n) is 2.81. The van der Waals surface area contributed by atoms with Gasteiger partial charge in [-0.3, -0.25) is 0 Å². The van der Waals surface area contributed by atoms with Gasteiger partial charge < -0.3 is 40.9 Å². The number of aliphatic hydroxyl groups excluding tert-OH is 5. The van der Waals surface area contributed by atoms with Crippen molar-refractivity contribution in [3.05, 3.63) is 12.2 Å². The van der Waals surface area contributed by atoms with Crippen molar-refractivity contribution < 1.29 is 30.3 Å². The molecule has 0 aromatic carbocycles. The van der Waals surface area contributed by atoms with E-state index >= 15 is 0 Å². The summed E-state index contributed by atoms with van der Waals surface area (Å²) in [6.45, 7) is 4.31. The van der Waals surface area contributed by atoms with Crippen LogP contribution in [0.2, 0.25) is 0 Å². The normalized spacial score (nSPS) is 30.5. The third-order valence-electron chi connectivity index (χ3n) is 4.61. The molecule has 9 heteroatoms. The Balaban J connectivity index is 2.77. The Morgan fingerprint density at radius 1 is 1.22 bits per heavy atom. The Hall–Kier alpha value is -0.810. The first-order chi connectivity index (χ1) is 12.8. The van der Waals surface area contributed by atoms with Gasteiger partial charge in [-0.2, -0.15) is 0 Å². The van der Waals surface area contributed by atoms with Crippen molar-refractivity contribution in [2.75, 3.05) is 13.2 Å². The maximum absolute atomic E-state index is 10.5. The predicted octanol–water partition coefficient (Wildman–Crippen LogP) is -0.821. The number of hydrogen-bond donors (Lipinski definition) is 7. The van der Waals surface area contributed by atoms with Gasteiger partial charge in [0.1, 0.15) is 18.3 Å². The highest BCUT2D eigenvalue weighted by Gasteiger charge is 2.33. The molecule has 1 aliphatic rings. The summed E-state index contributed by atoms with van der Waals surface area (Å²) < 4.78 is 5.73. The third kappa shape index (κ3) is 8.39. The predicted molar refractivity (Wildman–Crippen MR) is 106 cm³/mol. The molecule has 8 nitrogen and oxygen atoms in total. The van der Waals surface area contributed by atoms with Crippen molar-refractivity contribution in [3.63, 3.8) is 0 Å². The SMILES string of the molecule is CCNC(=S)NC(COC1/C=C\CCC(O)C(O)C1O)C(O)CC(O)CC. The highest BCUT2D eigenvalue weighted by atomic mass is 32.1. The average molecular weight is 407 g/mol. The summed E-state index contributed by atoms with van der Waals surface area (Å²) in [4.78, 5) is 0. The molecular formula is C18H34N2O6S. The molecule has 7 atom stereocenters. The summed E-state index contributed by atoms with van der Waals surface area (Å²) in [6.07, 6.45) is -1.06. The van der Waals surface area contributed by atoms with Crippen LogP contribution >= 0.6 is 12.2 Å². The van der Waals surface area contributed by atoms with Gasteiger partial charge in [-0.15, -0.1) is 0 Å². The third-order valence-corrected chi connectivity index (χ3v) is 4.87. The molecule has 7 N–H and O–H groups in total. The van der Waals surface area contributed by atoms with Gasteiger partial charge in [-0.1, -0.05) is 19.1 Å². The van der Waals surface area contributed by atoms with Crippen molar-refractivity contribution in [3.8, 4) is 0 Å². The number of hydrogen-bond acceptors (Lipinski definition) is 7. The molecule has 0 amide bonds. The van der Waals surface area contributed by atoms with Gasteiger partial charge in [-0.25, -0.2) is 0 Å². The second-order valence-electron chi connectivity index (χ2n) is 6.83. The lowest BCUT2D eigenvalue weighted by molar-refractivity contribution is -0.117. The largest absolute Gasteiger partial charge is 0.393 e. The van der Waals surface area contributed by atoms with Crippen LogP contribution in [0.5, 0.6) is 0 Å². The standard InChI is InChI=1S/C18H34N2O6S/c1-3-11(21)9-14(23)12(20-18(27)19-4-2)10-26-15-8-6-5-7-13(22)16(24)17(15)25/h6,8,11-17,21-25H,3-5,7,9-10H2,1-2H3,(H2,19,20,27)/b8-6-. The molecule has 0 radical (unpaired) electrons. The van der Waals surface area contributed by atoms with Gasteiger partial charge in [0.2, 0.25) is 0 Å². The van der Waals surface area contributed by atoms with E-state index in [2.05, 4.69) is 10.6 Å². The summed E-state index contributed by atoms with van der Waals surface area (Å²) in [6, 6.07) is -0.620. The molecule has 1 rings (SSSR count). The lowest BCUT2D eigenvalue weighted by Gasteiger charge is -2.32. The van der Waals surface area contributed by atoms with Crippen molar-refractivity contribution in [2.24, 2.45) is 0 Å². The van der Waals surface area contributed by atoms with Gasteiger partial charge in [-0.05, 0) is 38.4 Å². The van der Waals surface area contributed by atoms with Gasteiger partial charge in [0.25, 0.3) is 0 Å². The van der Waals surface area contributed by atoms with E-state index in [1.807, 2.05) is 13.8 Å². The molecule has 158 valence electrons. The lowest BCUT2D eigenvalue weighted by Crippen LogP contribution is -2.52. The minimum absolute atomic E-state index is 0.0159. The number of ether oxygens (including phenoxy) is 1. The highest BCUT2D eigenvalue weighted by molar-refractivity contribution is 7.80. The van der Waals surface area contributed by atoms with E-state index in [0.29, 0.717) is 30.9 Å². The molecule has 0 aromatic rings. The van der Waals surface area contributed by atoms with Crippen LogP contribution < -0.4 is 10.6 Å². The van der Waals surface area contributed by atoms with Crippen molar-refractivity contribution in [1.29, 1.82) is 0 Å². The minimum Gasteiger partial charge on any atom is -0.393 e. The number of rotatable bonds is 9. The zero-order valence-corrected chi connectivity index (χ0v) is 16.8. The summed E-state index contributed by atoms with van der Waals surface area (Å²) in [5.41, 5.74) is 0.